The molecule has 0 heterocycles. The number of hydrogen-bond donors (Lipinski definition) is 0. The number of allylic oxidation sites excluding steroid dienone is 3. The first-order chi connectivity index (χ1) is 16.2. The number of halogens is 1. The highest BCUT2D eigenvalue weighted by Crippen LogP contribution is 2.34. The fraction of sp³-hybridized carbons (Fsp3) is 0.375. The molecule has 33 heavy (non-hydrogen) atoms. The van der Waals surface area contributed by atoms with Crippen LogP contribution in [0.2, 0.25) is 0 Å². The van der Waals surface area contributed by atoms with Crippen molar-refractivity contribution in [3.8, 4) is 11.1 Å². The normalized spacial score (nSPS) is 19.1. The number of rotatable bonds is 8. The Morgan fingerprint density at radius 2 is 1.55 bits per heavy atom. The quantitative estimate of drug-likeness (QED) is 0.306. The zero-order valence-corrected chi connectivity index (χ0v) is 20.2. The summed E-state index contributed by atoms with van der Waals surface area (Å²) in [5.41, 5.74) is 4.11. The predicted molar refractivity (Wildman–Crippen MR) is 142 cm³/mol. The molecule has 1 saturated carbocycles. The van der Waals surface area contributed by atoms with E-state index in [0.29, 0.717) is 10.9 Å². The summed E-state index contributed by atoms with van der Waals surface area (Å²) in [7, 11) is 0. The van der Waals surface area contributed by atoms with E-state index in [9.17, 15) is 0 Å². The zero-order valence-electron chi connectivity index (χ0n) is 20.2. The van der Waals surface area contributed by atoms with Gasteiger partial charge in [-0.25, -0.2) is 4.39 Å². The second-order valence-corrected chi connectivity index (χ2v) is 9.68. The van der Waals surface area contributed by atoms with Crippen LogP contribution in [0.3, 0.4) is 0 Å². The fourth-order valence-electron chi connectivity index (χ4n) is 5.36. The van der Waals surface area contributed by atoms with Crippen LogP contribution in [0.5, 0.6) is 0 Å². The van der Waals surface area contributed by atoms with E-state index in [1.165, 1.54) is 50.5 Å². The van der Waals surface area contributed by atoms with Crippen molar-refractivity contribution in [1.82, 2.24) is 0 Å². The molecule has 1 fully saturated rings. The van der Waals surface area contributed by atoms with Gasteiger partial charge in [-0.1, -0.05) is 98.5 Å². The van der Waals surface area contributed by atoms with Crippen LogP contribution in [-0.4, -0.2) is 0 Å². The van der Waals surface area contributed by atoms with Gasteiger partial charge in [-0.05, 0) is 79.5 Å². The minimum absolute atomic E-state index is 0.126. The summed E-state index contributed by atoms with van der Waals surface area (Å²) in [6.45, 7) is 4.11. The zero-order chi connectivity index (χ0) is 23.0. The van der Waals surface area contributed by atoms with Crippen molar-refractivity contribution in [2.24, 2.45) is 11.8 Å². The molecule has 0 aliphatic heterocycles. The molecule has 1 aliphatic rings. The summed E-state index contributed by atoms with van der Waals surface area (Å²) in [6.07, 6.45) is 19.1. The van der Waals surface area contributed by atoms with Crippen molar-refractivity contribution < 1.29 is 4.39 Å². The van der Waals surface area contributed by atoms with Gasteiger partial charge in [0.15, 0.2) is 0 Å². The average Bonchev–Trinajstić information content (AvgIpc) is 2.85. The first kappa shape index (κ1) is 23.5. The Balaban J connectivity index is 1.35. The van der Waals surface area contributed by atoms with E-state index in [-0.39, 0.29) is 5.82 Å². The topological polar surface area (TPSA) is 0 Å². The van der Waals surface area contributed by atoms with Crippen molar-refractivity contribution in [3.05, 3.63) is 89.8 Å². The fourth-order valence-corrected chi connectivity index (χ4v) is 5.36. The van der Waals surface area contributed by atoms with Crippen molar-refractivity contribution in [2.45, 2.75) is 65.2 Å². The Morgan fingerprint density at radius 1 is 0.818 bits per heavy atom. The Kier molecular flexibility index (Phi) is 8.15. The third-order valence-corrected chi connectivity index (χ3v) is 7.39. The molecule has 0 radical (unpaired) electrons. The Hall–Kier alpha value is -2.67. The van der Waals surface area contributed by atoms with Gasteiger partial charge in [0.2, 0.25) is 0 Å². The lowest BCUT2D eigenvalue weighted by Gasteiger charge is -2.28. The number of hydrogen-bond acceptors (Lipinski definition) is 0. The molecule has 0 spiro atoms. The summed E-state index contributed by atoms with van der Waals surface area (Å²) in [4.78, 5) is 0. The number of aryl methyl sites for hydroxylation is 1. The molecule has 1 heteroatoms. The van der Waals surface area contributed by atoms with E-state index < -0.39 is 0 Å². The van der Waals surface area contributed by atoms with Crippen LogP contribution in [0.4, 0.5) is 4.39 Å². The van der Waals surface area contributed by atoms with Crippen LogP contribution in [0, 0.1) is 17.7 Å². The first-order valence-electron chi connectivity index (χ1n) is 12.7. The van der Waals surface area contributed by atoms with Gasteiger partial charge in [0, 0.05) is 10.9 Å². The minimum Gasteiger partial charge on any atom is -0.206 e. The molecule has 172 valence electrons. The molecule has 0 bridgehead atoms. The third kappa shape index (κ3) is 6.02. The summed E-state index contributed by atoms with van der Waals surface area (Å²) in [6, 6.07) is 18.4. The largest absolute Gasteiger partial charge is 0.206 e. The van der Waals surface area contributed by atoms with Gasteiger partial charge >= 0.3 is 0 Å². The lowest BCUT2D eigenvalue weighted by atomic mass is 9.78. The van der Waals surface area contributed by atoms with E-state index in [4.69, 9.17) is 0 Å². The average molecular weight is 441 g/mol. The number of fused-ring (bicyclic) bond motifs is 1. The van der Waals surface area contributed by atoms with Gasteiger partial charge < -0.3 is 0 Å². The molecular formula is C32H37F. The maximum Gasteiger partial charge on any atom is 0.138 e. The summed E-state index contributed by atoms with van der Waals surface area (Å²) < 4.78 is 15.3. The highest BCUT2D eigenvalue weighted by molar-refractivity contribution is 5.89. The smallest absolute Gasteiger partial charge is 0.138 e. The van der Waals surface area contributed by atoms with E-state index in [1.54, 1.807) is 0 Å². The van der Waals surface area contributed by atoms with Gasteiger partial charge in [-0.2, -0.15) is 0 Å². The highest BCUT2D eigenvalue weighted by Gasteiger charge is 2.20. The maximum absolute atomic E-state index is 15.3. The van der Waals surface area contributed by atoms with Gasteiger partial charge in [-0.15, -0.1) is 0 Å². The maximum atomic E-state index is 15.3. The standard InChI is InChI=1S/C32H37F/c1-3-5-6-8-24-9-11-25(12-10-24)13-14-26-15-18-28(19-16-26)30-22-20-29-23-27(7-4-2)17-21-31(29)32(30)33/h3-5,7,15-25H,6,8-14H2,1-2H3/b5-3+,7-4+. The van der Waals surface area contributed by atoms with Crippen molar-refractivity contribution in [3.63, 3.8) is 0 Å². The summed E-state index contributed by atoms with van der Waals surface area (Å²) >= 11 is 0. The van der Waals surface area contributed by atoms with Crippen molar-refractivity contribution in [2.75, 3.05) is 0 Å². The molecule has 0 nitrogen and oxygen atoms in total. The van der Waals surface area contributed by atoms with Gasteiger partial charge in [0.1, 0.15) is 5.82 Å². The lowest BCUT2D eigenvalue weighted by Crippen LogP contribution is -2.15. The molecule has 3 aromatic rings. The van der Waals surface area contributed by atoms with Gasteiger partial charge in [0.25, 0.3) is 0 Å². The second-order valence-electron chi connectivity index (χ2n) is 9.68. The van der Waals surface area contributed by atoms with Gasteiger partial charge in [-0.3, -0.25) is 0 Å². The van der Waals surface area contributed by atoms with Crippen LogP contribution in [0.15, 0.2) is 72.8 Å². The number of benzene rings is 3. The third-order valence-electron chi connectivity index (χ3n) is 7.39. The van der Waals surface area contributed by atoms with Crippen LogP contribution < -0.4 is 0 Å². The van der Waals surface area contributed by atoms with E-state index in [0.717, 1.165) is 34.8 Å². The molecule has 0 aromatic heterocycles. The molecule has 0 atom stereocenters. The van der Waals surface area contributed by atoms with Crippen molar-refractivity contribution >= 4 is 16.8 Å². The molecule has 3 aromatic carbocycles. The van der Waals surface area contributed by atoms with E-state index in [1.807, 2.05) is 49.4 Å². The summed E-state index contributed by atoms with van der Waals surface area (Å²) in [5, 5.41) is 1.63. The molecule has 0 amide bonds. The molecule has 4 rings (SSSR count). The molecular weight excluding hydrogens is 403 g/mol. The lowest BCUT2D eigenvalue weighted by molar-refractivity contribution is 0.254. The van der Waals surface area contributed by atoms with Crippen LogP contribution in [0.1, 0.15) is 69.9 Å². The van der Waals surface area contributed by atoms with E-state index >= 15 is 4.39 Å². The molecule has 0 saturated heterocycles. The van der Waals surface area contributed by atoms with E-state index in [2.05, 4.69) is 43.3 Å². The van der Waals surface area contributed by atoms with Crippen LogP contribution in [0.25, 0.3) is 28.0 Å². The van der Waals surface area contributed by atoms with Crippen LogP contribution >= 0.6 is 0 Å². The van der Waals surface area contributed by atoms with Gasteiger partial charge in [0.05, 0.1) is 0 Å². The Labute approximate surface area is 199 Å². The monoisotopic (exact) mass is 440 g/mol. The SMILES string of the molecule is C/C=C/CCC1CCC(CCc2ccc(-c3ccc4cc(/C=C/C)ccc4c3F)cc2)CC1. The highest BCUT2D eigenvalue weighted by atomic mass is 19.1. The molecule has 1 aliphatic carbocycles. The molecule has 0 N–H and O–H groups in total. The van der Waals surface area contributed by atoms with Crippen molar-refractivity contribution in [1.29, 1.82) is 0 Å². The minimum atomic E-state index is -0.126. The second kappa shape index (κ2) is 11.5. The Bertz CT molecular complexity index is 1100. The van der Waals surface area contributed by atoms with Crippen LogP contribution in [-0.2, 0) is 6.42 Å². The molecule has 0 unspecified atom stereocenters. The first-order valence-corrected chi connectivity index (χ1v) is 12.7. The Morgan fingerprint density at radius 3 is 2.24 bits per heavy atom. The summed E-state index contributed by atoms with van der Waals surface area (Å²) in [5.74, 6) is 1.68. The predicted octanol–water partition coefficient (Wildman–Crippen LogP) is 9.77.